The minimum atomic E-state index is 0.156. The van der Waals surface area contributed by atoms with E-state index in [9.17, 15) is 4.79 Å². The van der Waals surface area contributed by atoms with Crippen LogP contribution in [0, 0.1) is 5.92 Å². The Bertz CT molecular complexity index is 292. The maximum absolute atomic E-state index is 11.4. The first kappa shape index (κ1) is 9.21. The zero-order valence-electron chi connectivity index (χ0n) is 7.94. The Morgan fingerprint density at radius 3 is 3.07 bits per heavy atom. The standard InChI is InChI=1S/C9H14N4O/c14-9(8-5-11-6-8)12-2-4-13-3-1-10-7-13/h1,3,7-8,11H,2,4-6H2,(H,12,14). The van der Waals surface area contributed by atoms with Gasteiger partial charge in [0.2, 0.25) is 5.91 Å². The Kier molecular flexibility index (Phi) is 2.78. The summed E-state index contributed by atoms with van der Waals surface area (Å²) in [5, 5.41) is 5.97. The summed E-state index contributed by atoms with van der Waals surface area (Å²) in [6, 6.07) is 0. The second kappa shape index (κ2) is 4.23. The lowest BCUT2D eigenvalue weighted by molar-refractivity contribution is -0.126. The summed E-state index contributed by atoms with van der Waals surface area (Å²) in [5.41, 5.74) is 0. The highest BCUT2D eigenvalue weighted by atomic mass is 16.2. The van der Waals surface area contributed by atoms with Gasteiger partial charge in [0, 0.05) is 38.6 Å². The zero-order valence-corrected chi connectivity index (χ0v) is 7.94. The van der Waals surface area contributed by atoms with E-state index in [2.05, 4.69) is 15.6 Å². The van der Waals surface area contributed by atoms with Crippen LogP contribution in [0.1, 0.15) is 0 Å². The number of nitrogens with one attached hydrogen (secondary N) is 2. The summed E-state index contributed by atoms with van der Waals surface area (Å²) < 4.78 is 1.94. The fraction of sp³-hybridized carbons (Fsp3) is 0.556. The Hall–Kier alpha value is -1.36. The number of nitrogens with zero attached hydrogens (tertiary/aromatic N) is 2. The summed E-state index contributed by atoms with van der Waals surface area (Å²) in [7, 11) is 0. The molecule has 1 aliphatic rings. The van der Waals surface area contributed by atoms with Gasteiger partial charge in [0.25, 0.3) is 0 Å². The molecule has 1 aromatic heterocycles. The third-order valence-corrected chi connectivity index (χ3v) is 2.38. The Morgan fingerprint density at radius 2 is 2.50 bits per heavy atom. The van der Waals surface area contributed by atoms with Crippen LogP contribution in [0.25, 0.3) is 0 Å². The number of hydrogen-bond acceptors (Lipinski definition) is 3. The predicted octanol–water partition coefficient (Wildman–Crippen LogP) is -0.781. The van der Waals surface area contributed by atoms with Crippen molar-refractivity contribution in [2.45, 2.75) is 6.54 Å². The van der Waals surface area contributed by atoms with Crippen molar-refractivity contribution in [2.24, 2.45) is 5.92 Å². The molecule has 1 fully saturated rings. The first-order valence-electron chi connectivity index (χ1n) is 4.80. The van der Waals surface area contributed by atoms with Crippen LogP contribution in [-0.2, 0) is 11.3 Å². The number of aromatic nitrogens is 2. The first-order valence-corrected chi connectivity index (χ1v) is 4.80. The van der Waals surface area contributed by atoms with Crippen molar-refractivity contribution in [3.05, 3.63) is 18.7 Å². The molecular formula is C9H14N4O. The average Bonchev–Trinajstić information content (AvgIpc) is 2.53. The quantitative estimate of drug-likeness (QED) is 0.661. The van der Waals surface area contributed by atoms with Gasteiger partial charge in [0.15, 0.2) is 0 Å². The molecule has 1 amide bonds. The van der Waals surface area contributed by atoms with Gasteiger partial charge in [-0.05, 0) is 0 Å². The lowest BCUT2D eigenvalue weighted by Crippen LogP contribution is -2.51. The van der Waals surface area contributed by atoms with Crippen LogP contribution >= 0.6 is 0 Å². The predicted molar refractivity (Wildman–Crippen MR) is 51.6 cm³/mol. The molecule has 1 aliphatic heterocycles. The van der Waals surface area contributed by atoms with E-state index < -0.39 is 0 Å². The van der Waals surface area contributed by atoms with Crippen molar-refractivity contribution >= 4 is 5.91 Å². The second-order valence-electron chi connectivity index (χ2n) is 3.45. The number of rotatable bonds is 4. The van der Waals surface area contributed by atoms with Gasteiger partial charge in [-0.25, -0.2) is 4.98 Å². The molecule has 0 aliphatic carbocycles. The second-order valence-corrected chi connectivity index (χ2v) is 3.45. The number of hydrogen-bond donors (Lipinski definition) is 2. The van der Waals surface area contributed by atoms with Crippen molar-refractivity contribution in [3.8, 4) is 0 Å². The fourth-order valence-corrected chi connectivity index (χ4v) is 1.35. The molecule has 0 spiro atoms. The Labute approximate surface area is 82.5 Å². The van der Waals surface area contributed by atoms with Gasteiger partial charge in [-0.15, -0.1) is 0 Å². The lowest BCUT2D eigenvalue weighted by Gasteiger charge is -2.25. The van der Waals surface area contributed by atoms with E-state index in [1.54, 1.807) is 12.5 Å². The number of amides is 1. The zero-order chi connectivity index (χ0) is 9.80. The minimum absolute atomic E-state index is 0.156. The van der Waals surface area contributed by atoms with E-state index in [1.807, 2.05) is 10.8 Å². The van der Waals surface area contributed by atoms with Gasteiger partial charge in [-0.1, -0.05) is 0 Å². The highest BCUT2D eigenvalue weighted by Crippen LogP contribution is 2.01. The minimum Gasteiger partial charge on any atom is -0.354 e. The molecule has 0 atom stereocenters. The van der Waals surface area contributed by atoms with Gasteiger partial charge in [0.05, 0.1) is 12.2 Å². The monoisotopic (exact) mass is 194 g/mol. The van der Waals surface area contributed by atoms with E-state index in [-0.39, 0.29) is 11.8 Å². The molecule has 2 heterocycles. The van der Waals surface area contributed by atoms with Crippen molar-refractivity contribution < 1.29 is 4.79 Å². The van der Waals surface area contributed by atoms with Crippen molar-refractivity contribution in [2.75, 3.05) is 19.6 Å². The molecule has 14 heavy (non-hydrogen) atoms. The summed E-state index contributed by atoms with van der Waals surface area (Å²) in [5.74, 6) is 0.335. The molecule has 2 rings (SSSR count). The lowest BCUT2D eigenvalue weighted by atomic mass is 10.0. The Morgan fingerprint density at radius 1 is 1.64 bits per heavy atom. The smallest absolute Gasteiger partial charge is 0.225 e. The average molecular weight is 194 g/mol. The van der Waals surface area contributed by atoms with E-state index in [4.69, 9.17) is 0 Å². The van der Waals surface area contributed by atoms with E-state index in [0.717, 1.165) is 19.6 Å². The van der Waals surface area contributed by atoms with Crippen LogP contribution in [0.3, 0.4) is 0 Å². The molecule has 0 saturated carbocycles. The summed E-state index contributed by atoms with van der Waals surface area (Å²) >= 11 is 0. The van der Waals surface area contributed by atoms with E-state index in [1.165, 1.54) is 0 Å². The number of carbonyl (C=O) groups excluding carboxylic acids is 1. The van der Waals surface area contributed by atoms with Gasteiger partial charge < -0.3 is 15.2 Å². The topological polar surface area (TPSA) is 59.0 Å². The fourth-order valence-electron chi connectivity index (χ4n) is 1.35. The first-order chi connectivity index (χ1) is 6.86. The molecule has 0 aromatic carbocycles. The third kappa shape index (κ3) is 2.11. The molecular weight excluding hydrogens is 180 g/mol. The molecule has 1 saturated heterocycles. The molecule has 5 heteroatoms. The van der Waals surface area contributed by atoms with E-state index >= 15 is 0 Å². The van der Waals surface area contributed by atoms with Crippen molar-refractivity contribution in [1.29, 1.82) is 0 Å². The molecule has 76 valence electrons. The normalized spacial score (nSPS) is 16.3. The number of carbonyl (C=O) groups is 1. The van der Waals surface area contributed by atoms with Crippen LogP contribution in [0.15, 0.2) is 18.7 Å². The SMILES string of the molecule is O=C(NCCn1ccnc1)C1CNC1. The third-order valence-electron chi connectivity index (χ3n) is 2.38. The van der Waals surface area contributed by atoms with Crippen LogP contribution in [0.4, 0.5) is 0 Å². The van der Waals surface area contributed by atoms with Crippen LogP contribution in [-0.4, -0.2) is 35.1 Å². The van der Waals surface area contributed by atoms with Gasteiger partial charge >= 0.3 is 0 Å². The highest BCUT2D eigenvalue weighted by molar-refractivity contribution is 5.79. The summed E-state index contributed by atoms with van der Waals surface area (Å²) in [6.07, 6.45) is 5.37. The number of imidazole rings is 1. The summed E-state index contributed by atoms with van der Waals surface area (Å²) in [6.45, 7) is 3.09. The summed E-state index contributed by atoms with van der Waals surface area (Å²) in [4.78, 5) is 15.3. The van der Waals surface area contributed by atoms with Gasteiger partial charge in [-0.2, -0.15) is 0 Å². The molecule has 1 aromatic rings. The Balaban J connectivity index is 1.65. The van der Waals surface area contributed by atoms with Gasteiger partial charge in [0.1, 0.15) is 0 Å². The van der Waals surface area contributed by atoms with Gasteiger partial charge in [-0.3, -0.25) is 4.79 Å². The van der Waals surface area contributed by atoms with Crippen LogP contribution < -0.4 is 10.6 Å². The van der Waals surface area contributed by atoms with Crippen molar-refractivity contribution in [3.63, 3.8) is 0 Å². The molecule has 2 N–H and O–H groups in total. The highest BCUT2D eigenvalue weighted by Gasteiger charge is 2.23. The molecule has 5 nitrogen and oxygen atoms in total. The van der Waals surface area contributed by atoms with Crippen molar-refractivity contribution in [1.82, 2.24) is 20.2 Å². The molecule has 0 bridgehead atoms. The largest absolute Gasteiger partial charge is 0.354 e. The van der Waals surface area contributed by atoms with E-state index in [0.29, 0.717) is 6.54 Å². The maximum atomic E-state index is 11.4. The molecule has 0 radical (unpaired) electrons. The molecule has 0 unspecified atom stereocenters. The maximum Gasteiger partial charge on any atom is 0.225 e. The van der Waals surface area contributed by atoms with Crippen LogP contribution in [0.2, 0.25) is 0 Å². The van der Waals surface area contributed by atoms with Crippen LogP contribution in [0.5, 0.6) is 0 Å².